The predicted octanol–water partition coefficient (Wildman–Crippen LogP) is 1.68. The highest BCUT2D eigenvalue weighted by molar-refractivity contribution is 5.86. The molecule has 0 aliphatic heterocycles. The number of benzene rings is 2. The van der Waals surface area contributed by atoms with Crippen LogP contribution in [0.5, 0.6) is 5.75 Å². The molecule has 0 bridgehead atoms. The molecule has 0 saturated carbocycles. The first kappa shape index (κ1) is 14.8. The summed E-state index contributed by atoms with van der Waals surface area (Å²) in [6.07, 6.45) is 0.138. The van der Waals surface area contributed by atoms with Crippen LogP contribution in [0.4, 0.5) is 0 Å². The first-order valence-corrected chi connectivity index (χ1v) is 6.55. The van der Waals surface area contributed by atoms with Gasteiger partial charge in [0.1, 0.15) is 5.75 Å². The highest BCUT2D eigenvalue weighted by Gasteiger charge is 2.08. The van der Waals surface area contributed by atoms with E-state index < -0.39 is 5.97 Å². The minimum atomic E-state index is -0.425. The Morgan fingerprint density at radius 1 is 1.10 bits per heavy atom. The smallest absolute Gasteiger partial charge is 0.310 e. The fraction of sp³-hybridized carbons (Fsp3) is 0.250. The van der Waals surface area contributed by atoms with Gasteiger partial charge in [0.15, 0.2) is 6.61 Å². The number of carbonyl (C=O) groups is 2. The van der Waals surface area contributed by atoms with E-state index in [1.54, 1.807) is 7.11 Å². The van der Waals surface area contributed by atoms with Gasteiger partial charge >= 0.3 is 5.97 Å². The minimum absolute atomic E-state index is 0.138. The van der Waals surface area contributed by atoms with E-state index in [0.29, 0.717) is 0 Å². The minimum Gasteiger partial charge on any atom is -0.497 e. The Morgan fingerprint density at radius 2 is 1.81 bits per heavy atom. The summed E-state index contributed by atoms with van der Waals surface area (Å²) < 4.78 is 10.0. The van der Waals surface area contributed by atoms with E-state index in [4.69, 9.17) is 9.47 Å². The standard InChI is InChI=1S/C16H17NO4/c1-17-15(18)10-21-16(19)8-11-3-4-13-9-14(20-2)6-5-12(13)7-11/h3-7,9H,8,10H2,1-2H3,(H,17,18). The van der Waals surface area contributed by atoms with Crippen molar-refractivity contribution >= 4 is 22.6 Å². The maximum absolute atomic E-state index is 11.6. The van der Waals surface area contributed by atoms with E-state index in [1.165, 1.54) is 7.05 Å². The zero-order valence-corrected chi connectivity index (χ0v) is 12.0. The molecule has 110 valence electrons. The molecular formula is C16H17NO4. The Labute approximate surface area is 122 Å². The lowest BCUT2D eigenvalue weighted by molar-refractivity contribution is -0.147. The molecule has 1 N–H and O–H groups in total. The lowest BCUT2D eigenvalue weighted by Crippen LogP contribution is -2.25. The van der Waals surface area contributed by atoms with Crippen molar-refractivity contribution in [3.63, 3.8) is 0 Å². The van der Waals surface area contributed by atoms with Gasteiger partial charge in [0.2, 0.25) is 0 Å². The lowest BCUT2D eigenvalue weighted by Gasteiger charge is -2.06. The van der Waals surface area contributed by atoms with Gasteiger partial charge < -0.3 is 14.8 Å². The molecule has 0 spiro atoms. The van der Waals surface area contributed by atoms with Gasteiger partial charge in [-0.3, -0.25) is 9.59 Å². The molecule has 0 aromatic heterocycles. The van der Waals surface area contributed by atoms with Gasteiger partial charge in [0, 0.05) is 7.05 Å². The van der Waals surface area contributed by atoms with Crippen LogP contribution in [0.2, 0.25) is 0 Å². The van der Waals surface area contributed by atoms with Gasteiger partial charge in [-0.25, -0.2) is 0 Å². The highest BCUT2D eigenvalue weighted by Crippen LogP contribution is 2.22. The summed E-state index contributed by atoms with van der Waals surface area (Å²) in [5, 5.41) is 4.45. The normalized spacial score (nSPS) is 10.2. The first-order chi connectivity index (χ1) is 10.1. The van der Waals surface area contributed by atoms with Crippen LogP contribution in [-0.4, -0.2) is 32.6 Å². The summed E-state index contributed by atoms with van der Waals surface area (Å²) in [6, 6.07) is 11.5. The number of amides is 1. The van der Waals surface area contributed by atoms with E-state index in [0.717, 1.165) is 22.1 Å². The highest BCUT2D eigenvalue weighted by atomic mass is 16.5. The van der Waals surface area contributed by atoms with Gasteiger partial charge in [0.25, 0.3) is 5.91 Å². The van der Waals surface area contributed by atoms with Crippen molar-refractivity contribution in [1.82, 2.24) is 5.32 Å². The average Bonchev–Trinajstić information content (AvgIpc) is 2.52. The molecular weight excluding hydrogens is 270 g/mol. The van der Waals surface area contributed by atoms with Crippen molar-refractivity contribution in [1.29, 1.82) is 0 Å². The monoisotopic (exact) mass is 287 g/mol. The molecule has 0 aliphatic carbocycles. The molecule has 1 amide bonds. The van der Waals surface area contributed by atoms with E-state index in [1.807, 2.05) is 36.4 Å². The molecule has 2 rings (SSSR count). The number of rotatable bonds is 5. The molecule has 21 heavy (non-hydrogen) atoms. The molecule has 0 atom stereocenters. The van der Waals surface area contributed by atoms with Crippen LogP contribution in [0.1, 0.15) is 5.56 Å². The van der Waals surface area contributed by atoms with Gasteiger partial charge in [-0.1, -0.05) is 24.3 Å². The lowest BCUT2D eigenvalue weighted by atomic mass is 10.0. The second-order valence-corrected chi connectivity index (χ2v) is 4.56. The molecule has 0 radical (unpaired) electrons. The zero-order valence-electron chi connectivity index (χ0n) is 12.0. The summed E-state index contributed by atoms with van der Waals surface area (Å²) in [5.41, 5.74) is 0.842. The number of esters is 1. The Balaban J connectivity index is 2.05. The fourth-order valence-electron chi connectivity index (χ4n) is 1.95. The van der Waals surface area contributed by atoms with E-state index in [-0.39, 0.29) is 18.9 Å². The largest absolute Gasteiger partial charge is 0.497 e. The van der Waals surface area contributed by atoms with Crippen molar-refractivity contribution < 1.29 is 19.1 Å². The number of hydrogen-bond acceptors (Lipinski definition) is 4. The number of nitrogens with one attached hydrogen (secondary N) is 1. The molecule has 2 aromatic rings. The second kappa shape index (κ2) is 6.74. The molecule has 0 fully saturated rings. The van der Waals surface area contributed by atoms with Gasteiger partial charge in [-0.05, 0) is 28.5 Å². The third-order valence-corrected chi connectivity index (χ3v) is 3.10. The van der Waals surface area contributed by atoms with Gasteiger partial charge in [-0.2, -0.15) is 0 Å². The average molecular weight is 287 g/mol. The van der Waals surface area contributed by atoms with Crippen molar-refractivity contribution in [2.45, 2.75) is 6.42 Å². The number of ether oxygens (including phenoxy) is 2. The topological polar surface area (TPSA) is 64.6 Å². The molecule has 0 saturated heterocycles. The molecule has 0 aliphatic rings. The maximum atomic E-state index is 11.6. The molecule has 2 aromatic carbocycles. The van der Waals surface area contributed by atoms with E-state index in [9.17, 15) is 9.59 Å². The quantitative estimate of drug-likeness (QED) is 0.850. The van der Waals surface area contributed by atoms with Crippen molar-refractivity contribution in [2.75, 3.05) is 20.8 Å². The summed E-state index contributed by atoms with van der Waals surface area (Å²) in [6.45, 7) is -0.250. The number of likely N-dealkylation sites (N-methyl/N-ethyl adjacent to an activating group) is 1. The molecule has 5 nitrogen and oxygen atoms in total. The Kier molecular flexibility index (Phi) is 4.77. The summed E-state index contributed by atoms with van der Waals surface area (Å²) in [5.74, 6) is 0.0423. The third kappa shape index (κ3) is 3.95. The van der Waals surface area contributed by atoms with Crippen LogP contribution in [0, 0.1) is 0 Å². The SMILES string of the molecule is CNC(=O)COC(=O)Cc1ccc2cc(OC)ccc2c1. The Morgan fingerprint density at radius 3 is 2.52 bits per heavy atom. The predicted molar refractivity (Wildman–Crippen MR) is 79.2 cm³/mol. The summed E-state index contributed by atoms with van der Waals surface area (Å²) in [4.78, 5) is 22.7. The van der Waals surface area contributed by atoms with E-state index >= 15 is 0 Å². The van der Waals surface area contributed by atoms with Crippen LogP contribution in [0.25, 0.3) is 10.8 Å². The number of methoxy groups -OCH3 is 1. The van der Waals surface area contributed by atoms with Gasteiger partial charge in [0.05, 0.1) is 13.5 Å². The van der Waals surface area contributed by atoms with Crippen LogP contribution < -0.4 is 10.1 Å². The summed E-state index contributed by atoms with van der Waals surface area (Å²) in [7, 11) is 3.12. The van der Waals surface area contributed by atoms with Crippen molar-refractivity contribution in [2.24, 2.45) is 0 Å². The second-order valence-electron chi connectivity index (χ2n) is 4.56. The Bertz CT molecular complexity index is 666. The number of carbonyl (C=O) groups excluding carboxylic acids is 2. The maximum Gasteiger partial charge on any atom is 0.310 e. The van der Waals surface area contributed by atoms with Crippen molar-refractivity contribution in [3.8, 4) is 5.75 Å². The van der Waals surface area contributed by atoms with Crippen LogP contribution in [-0.2, 0) is 20.7 Å². The Hall–Kier alpha value is -2.56. The molecule has 0 unspecified atom stereocenters. The third-order valence-electron chi connectivity index (χ3n) is 3.10. The van der Waals surface area contributed by atoms with Crippen molar-refractivity contribution in [3.05, 3.63) is 42.0 Å². The van der Waals surface area contributed by atoms with Crippen LogP contribution >= 0.6 is 0 Å². The fourth-order valence-corrected chi connectivity index (χ4v) is 1.95. The number of hydrogen-bond donors (Lipinski definition) is 1. The zero-order chi connectivity index (χ0) is 15.2. The van der Waals surface area contributed by atoms with Crippen LogP contribution in [0.3, 0.4) is 0 Å². The first-order valence-electron chi connectivity index (χ1n) is 6.55. The molecule has 5 heteroatoms. The van der Waals surface area contributed by atoms with Crippen LogP contribution in [0.15, 0.2) is 36.4 Å². The number of fused-ring (bicyclic) bond motifs is 1. The van der Waals surface area contributed by atoms with Gasteiger partial charge in [-0.15, -0.1) is 0 Å². The van der Waals surface area contributed by atoms with E-state index in [2.05, 4.69) is 5.32 Å². The summed E-state index contributed by atoms with van der Waals surface area (Å²) >= 11 is 0. The molecule has 0 heterocycles.